The van der Waals surface area contributed by atoms with Gasteiger partial charge in [-0.3, -0.25) is 4.79 Å². The van der Waals surface area contributed by atoms with E-state index in [1.807, 2.05) is 24.3 Å². The number of carbonyl (C=O) groups is 2. The van der Waals surface area contributed by atoms with Crippen LogP contribution in [0, 0.1) is 0 Å². The molecule has 1 atom stereocenters. The highest BCUT2D eigenvalue weighted by Gasteiger charge is 2.25. The van der Waals surface area contributed by atoms with E-state index in [-0.39, 0.29) is 11.7 Å². The van der Waals surface area contributed by atoms with Gasteiger partial charge in [0.05, 0.1) is 17.7 Å². The number of amides is 1. The van der Waals surface area contributed by atoms with Gasteiger partial charge < -0.3 is 19.9 Å². The summed E-state index contributed by atoms with van der Waals surface area (Å²) in [6.45, 7) is 3.51. The molecule has 0 spiro atoms. The topological polar surface area (TPSA) is 97.2 Å². The predicted molar refractivity (Wildman–Crippen MR) is 117 cm³/mol. The molecule has 1 heterocycles. The summed E-state index contributed by atoms with van der Waals surface area (Å²) in [5.74, 6) is -0.748. The zero-order valence-electron chi connectivity index (χ0n) is 16.8. The maximum atomic E-state index is 12.4. The highest BCUT2D eigenvalue weighted by molar-refractivity contribution is 8.18. The Morgan fingerprint density at radius 2 is 2.00 bits per heavy atom. The number of aliphatic imine (C=N–C) groups is 1. The zero-order valence-corrected chi connectivity index (χ0v) is 17.7. The lowest BCUT2D eigenvalue weighted by Crippen LogP contribution is -2.23. The molecular formula is C22H22N2O5S. The number of thioether (sulfide) groups is 1. The summed E-state index contributed by atoms with van der Waals surface area (Å²) in [4.78, 5) is 28.5. The third kappa shape index (κ3) is 5.01. The minimum atomic E-state index is -1.10. The first kappa shape index (κ1) is 21.4. The summed E-state index contributed by atoms with van der Waals surface area (Å²) < 4.78 is 10.9. The molecule has 3 rings (SSSR count). The van der Waals surface area contributed by atoms with E-state index >= 15 is 0 Å². The number of carbonyl (C=O) groups excluding carboxylic acids is 1. The summed E-state index contributed by atoms with van der Waals surface area (Å²) in [6, 6.07) is 12.9. The van der Waals surface area contributed by atoms with Crippen LogP contribution in [0.3, 0.4) is 0 Å². The summed E-state index contributed by atoms with van der Waals surface area (Å²) in [5, 5.41) is 12.4. The van der Waals surface area contributed by atoms with Gasteiger partial charge in [0.25, 0.3) is 5.91 Å². The molecule has 2 aromatic rings. The molecule has 0 aliphatic carbocycles. The lowest BCUT2D eigenvalue weighted by atomic mass is 10.1. The molecule has 8 heteroatoms. The van der Waals surface area contributed by atoms with Gasteiger partial charge in [0, 0.05) is 5.56 Å². The number of carboxylic acid groups (broad SMARTS) is 1. The first-order valence-corrected chi connectivity index (χ1v) is 10.2. The Balaban J connectivity index is 1.88. The van der Waals surface area contributed by atoms with Gasteiger partial charge >= 0.3 is 5.97 Å². The van der Waals surface area contributed by atoms with E-state index < -0.39 is 12.1 Å². The Bertz CT molecular complexity index is 1010. The smallest absolute Gasteiger partial charge is 0.344 e. The molecule has 1 saturated heterocycles. The SMILES string of the molecule is CCc1ccc(N=C2NC(=O)/C(=C/c3cccc(OC)c3O[C@H](C)C(=O)O)S2)cc1. The monoisotopic (exact) mass is 426 g/mol. The maximum Gasteiger partial charge on any atom is 0.344 e. The van der Waals surface area contributed by atoms with E-state index in [1.54, 1.807) is 24.3 Å². The number of para-hydroxylation sites is 1. The number of rotatable bonds is 7. The zero-order chi connectivity index (χ0) is 21.7. The predicted octanol–water partition coefficient (Wildman–Crippen LogP) is 4.00. The van der Waals surface area contributed by atoms with Crippen molar-refractivity contribution in [3.05, 3.63) is 58.5 Å². The maximum absolute atomic E-state index is 12.4. The number of benzene rings is 2. The second-order valence-electron chi connectivity index (χ2n) is 6.48. The fourth-order valence-corrected chi connectivity index (χ4v) is 3.54. The van der Waals surface area contributed by atoms with Gasteiger partial charge in [-0.15, -0.1) is 0 Å². The average Bonchev–Trinajstić information content (AvgIpc) is 3.08. The first-order valence-electron chi connectivity index (χ1n) is 9.36. The molecule has 0 aromatic heterocycles. The molecule has 0 unspecified atom stereocenters. The van der Waals surface area contributed by atoms with E-state index in [9.17, 15) is 9.59 Å². The van der Waals surface area contributed by atoms with Crippen LogP contribution in [-0.2, 0) is 16.0 Å². The highest BCUT2D eigenvalue weighted by atomic mass is 32.2. The van der Waals surface area contributed by atoms with E-state index in [2.05, 4.69) is 17.2 Å². The molecule has 0 radical (unpaired) electrons. The Morgan fingerprint density at radius 1 is 1.27 bits per heavy atom. The van der Waals surface area contributed by atoms with Crippen molar-refractivity contribution in [1.29, 1.82) is 0 Å². The number of methoxy groups -OCH3 is 1. The minimum Gasteiger partial charge on any atom is -0.493 e. The third-order valence-corrected chi connectivity index (χ3v) is 5.29. The van der Waals surface area contributed by atoms with E-state index in [4.69, 9.17) is 14.6 Å². The number of carboxylic acids is 1. The summed E-state index contributed by atoms with van der Waals surface area (Å²) in [6.07, 6.45) is 1.50. The van der Waals surface area contributed by atoms with Crippen LogP contribution in [0.2, 0.25) is 0 Å². The van der Waals surface area contributed by atoms with Crippen LogP contribution in [0.4, 0.5) is 5.69 Å². The van der Waals surface area contributed by atoms with Crippen molar-refractivity contribution < 1.29 is 24.2 Å². The van der Waals surface area contributed by atoms with Crippen LogP contribution >= 0.6 is 11.8 Å². The average molecular weight is 426 g/mol. The number of hydrogen-bond acceptors (Lipinski definition) is 6. The molecule has 2 N–H and O–H groups in total. The first-order chi connectivity index (χ1) is 14.4. The quantitative estimate of drug-likeness (QED) is 0.650. The highest BCUT2D eigenvalue weighted by Crippen LogP contribution is 2.36. The fourth-order valence-electron chi connectivity index (χ4n) is 2.71. The number of aryl methyl sites for hydroxylation is 1. The number of nitrogens with one attached hydrogen (secondary N) is 1. The van der Waals surface area contributed by atoms with E-state index in [1.165, 1.54) is 31.4 Å². The van der Waals surface area contributed by atoms with Crippen LogP contribution in [0.25, 0.3) is 6.08 Å². The van der Waals surface area contributed by atoms with Crippen molar-refractivity contribution in [1.82, 2.24) is 5.32 Å². The second kappa shape index (κ2) is 9.49. The number of aliphatic carboxylic acids is 1. The van der Waals surface area contributed by atoms with Crippen LogP contribution in [-0.4, -0.2) is 35.4 Å². The second-order valence-corrected chi connectivity index (χ2v) is 7.51. The van der Waals surface area contributed by atoms with Gasteiger partial charge in [-0.05, 0) is 54.9 Å². The molecular weight excluding hydrogens is 404 g/mol. The lowest BCUT2D eigenvalue weighted by molar-refractivity contribution is -0.144. The van der Waals surface area contributed by atoms with Crippen LogP contribution < -0.4 is 14.8 Å². The van der Waals surface area contributed by atoms with Crippen LogP contribution in [0.5, 0.6) is 11.5 Å². The molecule has 7 nitrogen and oxygen atoms in total. The minimum absolute atomic E-state index is 0.261. The van der Waals surface area contributed by atoms with Crippen LogP contribution in [0.1, 0.15) is 25.0 Å². The van der Waals surface area contributed by atoms with Crippen molar-refractivity contribution in [3.63, 3.8) is 0 Å². The Kier molecular flexibility index (Phi) is 6.79. The molecule has 0 bridgehead atoms. The molecule has 2 aromatic carbocycles. The Morgan fingerprint density at radius 3 is 2.63 bits per heavy atom. The van der Waals surface area contributed by atoms with Crippen molar-refractivity contribution in [3.8, 4) is 11.5 Å². The van der Waals surface area contributed by atoms with Crippen molar-refractivity contribution in [2.45, 2.75) is 26.4 Å². The van der Waals surface area contributed by atoms with Crippen molar-refractivity contribution in [2.75, 3.05) is 7.11 Å². The van der Waals surface area contributed by atoms with E-state index in [0.717, 1.165) is 12.1 Å². The molecule has 1 fully saturated rings. The molecule has 1 aliphatic rings. The summed E-state index contributed by atoms with van der Waals surface area (Å²) in [5.41, 5.74) is 2.49. The Labute approximate surface area is 178 Å². The van der Waals surface area contributed by atoms with Crippen molar-refractivity contribution >= 4 is 40.6 Å². The number of ether oxygens (including phenoxy) is 2. The van der Waals surface area contributed by atoms with Gasteiger partial charge in [-0.25, -0.2) is 9.79 Å². The number of amidine groups is 1. The molecule has 1 amide bonds. The summed E-state index contributed by atoms with van der Waals surface area (Å²) >= 11 is 1.20. The third-order valence-electron chi connectivity index (χ3n) is 4.38. The summed E-state index contributed by atoms with van der Waals surface area (Å²) in [7, 11) is 1.47. The van der Waals surface area contributed by atoms with Gasteiger partial charge in [0.2, 0.25) is 0 Å². The molecule has 0 saturated carbocycles. The Hall–Kier alpha value is -3.26. The number of hydrogen-bond donors (Lipinski definition) is 2. The normalized spacial score (nSPS) is 17.1. The molecule has 156 valence electrons. The number of nitrogens with zero attached hydrogens (tertiary/aromatic N) is 1. The van der Waals surface area contributed by atoms with Gasteiger partial charge in [-0.2, -0.15) is 0 Å². The molecule has 30 heavy (non-hydrogen) atoms. The van der Waals surface area contributed by atoms with Gasteiger partial charge in [0.1, 0.15) is 0 Å². The standard InChI is InChI=1S/C22H22N2O5S/c1-4-14-8-10-16(11-9-14)23-22-24-20(25)18(30-22)12-15-6-5-7-17(28-3)19(15)29-13(2)21(26)27/h5-13H,4H2,1-3H3,(H,26,27)(H,23,24,25)/b18-12-/t13-/m1/s1. The van der Waals surface area contributed by atoms with Gasteiger partial charge in [0.15, 0.2) is 22.8 Å². The van der Waals surface area contributed by atoms with Crippen molar-refractivity contribution in [2.24, 2.45) is 4.99 Å². The fraction of sp³-hybridized carbons (Fsp3) is 0.227. The van der Waals surface area contributed by atoms with Crippen LogP contribution in [0.15, 0.2) is 52.4 Å². The van der Waals surface area contributed by atoms with E-state index in [0.29, 0.717) is 21.4 Å². The molecule has 1 aliphatic heterocycles. The largest absolute Gasteiger partial charge is 0.493 e. The van der Waals surface area contributed by atoms with Gasteiger partial charge in [-0.1, -0.05) is 31.2 Å². The lowest BCUT2D eigenvalue weighted by Gasteiger charge is -2.16.